The van der Waals surface area contributed by atoms with Gasteiger partial charge >= 0.3 is 60.8 Å². The van der Waals surface area contributed by atoms with Gasteiger partial charge in [0.15, 0.2) is 0 Å². The number of hydrogen-bond acceptors (Lipinski definition) is 10. The van der Waals surface area contributed by atoms with Crippen molar-refractivity contribution < 1.29 is 48.3 Å². The number of unbranched alkanes of at least 4 members (excludes halogenated alkanes) is 20. The molecular weight excluding hydrogens is 946 g/mol. The summed E-state index contributed by atoms with van der Waals surface area (Å²) in [5.41, 5.74) is 2.10. The van der Waals surface area contributed by atoms with Crippen LogP contribution >= 0.6 is 0 Å². The number of hydrogen-bond donors (Lipinski definition) is 0. The maximum atomic E-state index is 11.9. The number of rotatable bonds is 40. The number of carboxylic acids is 2. The van der Waals surface area contributed by atoms with Crippen molar-refractivity contribution in [3.63, 3.8) is 0 Å². The molecule has 0 N–H and O–H groups in total. The van der Waals surface area contributed by atoms with Gasteiger partial charge in [0.05, 0.1) is 13.2 Å². The Bertz CT molecular complexity index is 1350. The van der Waals surface area contributed by atoms with E-state index in [1.807, 2.05) is 60.7 Å². The molecule has 0 aliphatic carbocycles. The van der Waals surface area contributed by atoms with E-state index in [1.54, 1.807) is 0 Å². The summed E-state index contributed by atoms with van der Waals surface area (Å²) in [5, 5.41) is 21.2. The van der Waals surface area contributed by atoms with Crippen LogP contribution in [0.15, 0.2) is 60.7 Å². The van der Waals surface area contributed by atoms with Crippen LogP contribution in [0, 0.1) is 0 Å². The van der Waals surface area contributed by atoms with Crippen molar-refractivity contribution in [1.29, 1.82) is 0 Å². The number of carbonyl (C=O) groups is 4. The second-order valence-corrected chi connectivity index (χ2v) is 17.6. The second-order valence-electron chi connectivity index (χ2n) is 17.6. The molecule has 11 heteroatoms. The van der Waals surface area contributed by atoms with E-state index < -0.39 is 23.5 Å². The minimum Gasteiger partial charge on any atom is -0.550 e. The summed E-state index contributed by atoms with van der Waals surface area (Å²) in [6.07, 6.45) is 28.5. The largest absolute Gasteiger partial charge is 2.00 e. The zero-order valence-corrected chi connectivity index (χ0v) is 45.6. The summed E-state index contributed by atoms with van der Waals surface area (Å²) in [7, 11) is 0. The molecule has 2 rings (SSSR count). The summed E-state index contributed by atoms with van der Waals surface area (Å²) in [5.74, 6) is -4.49. The average Bonchev–Trinajstić information content (AvgIpc) is 3.27. The summed E-state index contributed by atoms with van der Waals surface area (Å²) < 4.78 is 24.2. The van der Waals surface area contributed by atoms with E-state index >= 15 is 0 Å². The van der Waals surface area contributed by atoms with Crippen molar-refractivity contribution in [1.82, 2.24) is 0 Å². The monoisotopic (exact) mass is 1030 g/mol. The molecule has 0 spiro atoms. The Morgan fingerprint density at radius 2 is 0.677 bits per heavy atom. The van der Waals surface area contributed by atoms with Crippen molar-refractivity contribution >= 4 is 72.8 Å². The SMILES string of the molecule is CCCCCCCCCCC(CCCCCCC(=O)[O-])(OCc1ccccc1)OC(C)=O.CCCCCCCCCCC(CCCCCCC(=O)[O-])(OCc1ccccc1)OC(C)=O.[Ba+2]. The first-order chi connectivity index (χ1) is 30.9. The summed E-state index contributed by atoms with van der Waals surface area (Å²) in [4.78, 5) is 45.1. The molecule has 0 aliphatic rings. The first kappa shape index (κ1) is 62.8. The molecular formula is C54H86BaO10. The van der Waals surface area contributed by atoms with Crippen LogP contribution < -0.4 is 10.2 Å². The Morgan fingerprint density at radius 3 is 0.938 bits per heavy atom. The van der Waals surface area contributed by atoms with Crippen LogP contribution in [-0.2, 0) is 51.3 Å². The molecule has 0 aromatic heterocycles. The smallest absolute Gasteiger partial charge is 0.550 e. The van der Waals surface area contributed by atoms with Crippen LogP contribution in [0.25, 0.3) is 0 Å². The van der Waals surface area contributed by atoms with Crippen LogP contribution in [-0.4, -0.2) is 84.3 Å². The topological polar surface area (TPSA) is 151 Å². The fraction of sp³-hybridized carbons (Fsp3) is 0.704. The Kier molecular flexibility index (Phi) is 40.5. The minimum absolute atomic E-state index is 0. The van der Waals surface area contributed by atoms with Gasteiger partial charge in [-0.05, 0) is 62.5 Å². The first-order valence-corrected chi connectivity index (χ1v) is 25.1. The fourth-order valence-electron chi connectivity index (χ4n) is 7.99. The third-order valence-corrected chi connectivity index (χ3v) is 11.5. The molecule has 0 bridgehead atoms. The van der Waals surface area contributed by atoms with Crippen molar-refractivity contribution in [2.75, 3.05) is 0 Å². The van der Waals surface area contributed by atoms with Crippen LogP contribution in [0.1, 0.15) is 231 Å². The van der Waals surface area contributed by atoms with Gasteiger partial charge in [-0.1, -0.05) is 190 Å². The predicted octanol–water partition coefficient (Wildman–Crippen LogP) is 11.8. The molecule has 0 amide bonds. The van der Waals surface area contributed by atoms with E-state index in [2.05, 4.69) is 13.8 Å². The van der Waals surface area contributed by atoms with Gasteiger partial charge in [0.25, 0.3) is 0 Å². The quantitative estimate of drug-likeness (QED) is 0.0273. The van der Waals surface area contributed by atoms with Crippen molar-refractivity contribution in [2.24, 2.45) is 0 Å². The fourth-order valence-corrected chi connectivity index (χ4v) is 7.99. The third-order valence-electron chi connectivity index (χ3n) is 11.5. The number of benzene rings is 2. The van der Waals surface area contributed by atoms with E-state index in [0.29, 0.717) is 51.7 Å². The Labute approximate surface area is 434 Å². The van der Waals surface area contributed by atoms with Gasteiger partial charge in [-0.15, -0.1) is 0 Å². The second kappa shape index (κ2) is 42.0. The first-order valence-electron chi connectivity index (χ1n) is 25.1. The van der Waals surface area contributed by atoms with Crippen molar-refractivity contribution in [3.05, 3.63) is 71.8 Å². The average molecular weight is 1030 g/mol. The molecule has 0 aliphatic heterocycles. The van der Waals surface area contributed by atoms with Crippen molar-refractivity contribution in [2.45, 2.75) is 245 Å². The Morgan fingerprint density at radius 1 is 0.415 bits per heavy atom. The van der Waals surface area contributed by atoms with E-state index in [4.69, 9.17) is 18.9 Å². The van der Waals surface area contributed by atoms with Gasteiger partial charge < -0.3 is 38.7 Å². The molecule has 2 atom stereocenters. The molecule has 0 radical (unpaired) electrons. The van der Waals surface area contributed by atoms with E-state index in [-0.39, 0.29) is 73.7 Å². The standard InChI is InChI=1S/2C27H44O5.Ba/c2*1-3-4-5-6-7-8-10-16-21-27(32-24(2)28,22-17-11-9-15-20-26(29)30)31-23-25-18-13-12-14-19-25;/h2*12-14,18-19H,3-11,15-17,20-23H2,1-2H3,(H,29,30);/q;;+2/p-2. The maximum absolute atomic E-state index is 11.9. The van der Waals surface area contributed by atoms with E-state index in [1.165, 1.54) is 90.9 Å². The number of aliphatic carboxylic acids is 2. The molecule has 65 heavy (non-hydrogen) atoms. The summed E-state index contributed by atoms with van der Waals surface area (Å²) in [6, 6.07) is 19.9. The molecule has 0 saturated heterocycles. The van der Waals surface area contributed by atoms with Crippen LogP contribution in [0.2, 0.25) is 0 Å². The zero-order valence-electron chi connectivity index (χ0n) is 41.2. The Hall–Kier alpha value is -2.19. The van der Waals surface area contributed by atoms with Crippen LogP contribution in [0.4, 0.5) is 0 Å². The third kappa shape index (κ3) is 36.5. The van der Waals surface area contributed by atoms with Gasteiger partial charge in [-0.2, -0.15) is 0 Å². The van der Waals surface area contributed by atoms with E-state index in [9.17, 15) is 29.4 Å². The molecule has 2 unspecified atom stereocenters. The van der Waals surface area contributed by atoms with Gasteiger partial charge in [0, 0.05) is 51.5 Å². The van der Waals surface area contributed by atoms with Crippen LogP contribution in [0.3, 0.4) is 0 Å². The summed E-state index contributed by atoms with van der Waals surface area (Å²) >= 11 is 0. The van der Waals surface area contributed by atoms with Crippen molar-refractivity contribution in [3.8, 4) is 0 Å². The number of esters is 2. The zero-order chi connectivity index (χ0) is 47.0. The predicted molar refractivity (Wildman–Crippen MR) is 257 cm³/mol. The molecule has 0 saturated carbocycles. The van der Waals surface area contributed by atoms with E-state index in [0.717, 1.165) is 75.3 Å². The number of carboxylic acid groups (broad SMARTS) is 2. The van der Waals surface area contributed by atoms with Gasteiger partial charge in [0.1, 0.15) is 0 Å². The minimum atomic E-state index is -1.000. The molecule has 10 nitrogen and oxygen atoms in total. The van der Waals surface area contributed by atoms with Crippen LogP contribution in [0.5, 0.6) is 0 Å². The maximum Gasteiger partial charge on any atom is 2.00 e. The summed E-state index contributed by atoms with van der Waals surface area (Å²) in [6.45, 7) is 8.13. The normalized spacial score (nSPS) is 12.7. The number of carbonyl (C=O) groups excluding carboxylic acids is 4. The molecule has 0 heterocycles. The van der Waals surface area contributed by atoms with Gasteiger partial charge in [-0.25, -0.2) is 0 Å². The molecule has 2 aromatic rings. The molecule has 0 fully saturated rings. The van der Waals surface area contributed by atoms with Gasteiger partial charge in [0.2, 0.25) is 11.6 Å². The number of ether oxygens (including phenoxy) is 4. The molecule has 364 valence electrons. The molecule has 2 aromatic carbocycles. The van der Waals surface area contributed by atoms with Gasteiger partial charge in [-0.3, -0.25) is 9.59 Å². The Balaban J connectivity index is 0.00000124.